The van der Waals surface area contributed by atoms with E-state index in [9.17, 15) is 4.39 Å². The first-order chi connectivity index (χ1) is 5.75. The first-order valence-corrected chi connectivity index (χ1v) is 4.79. The fourth-order valence-electron chi connectivity index (χ4n) is 2.08. The summed E-state index contributed by atoms with van der Waals surface area (Å²) in [6.07, 6.45) is 4.75. The van der Waals surface area contributed by atoms with E-state index in [2.05, 4.69) is 6.07 Å². The Balaban J connectivity index is 2.47. The minimum atomic E-state index is -0.960. The molecule has 0 bridgehead atoms. The Bertz CT molecular complexity index is 165. The Morgan fingerprint density at radius 3 is 2.33 bits per heavy atom. The van der Waals surface area contributed by atoms with Crippen molar-refractivity contribution in [2.24, 2.45) is 11.8 Å². The number of rotatable bonds is 2. The van der Waals surface area contributed by atoms with Crippen LogP contribution in [0.5, 0.6) is 0 Å². The summed E-state index contributed by atoms with van der Waals surface area (Å²) in [4.78, 5) is 0. The van der Waals surface area contributed by atoms with Gasteiger partial charge in [0.25, 0.3) is 0 Å². The monoisotopic (exact) mass is 169 g/mol. The molecule has 0 aliphatic heterocycles. The SMILES string of the molecule is CC(F)C(C#N)C1CCCCC1. The fraction of sp³-hybridized carbons (Fsp3) is 0.900. The van der Waals surface area contributed by atoms with Crippen LogP contribution in [0.25, 0.3) is 0 Å². The molecule has 2 unspecified atom stereocenters. The van der Waals surface area contributed by atoms with E-state index in [-0.39, 0.29) is 5.92 Å². The van der Waals surface area contributed by atoms with Crippen LogP contribution in [-0.4, -0.2) is 6.17 Å². The first kappa shape index (κ1) is 9.51. The van der Waals surface area contributed by atoms with Gasteiger partial charge in [-0.1, -0.05) is 19.3 Å². The number of alkyl halides is 1. The van der Waals surface area contributed by atoms with E-state index in [1.165, 1.54) is 26.2 Å². The molecule has 1 saturated carbocycles. The molecule has 1 aliphatic carbocycles. The van der Waals surface area contributed by atoms with Crippen molar-refractivity contribution < 1.29 is 4.39 Å². The summed E-state index contributed by atoms with van der Waals surface area (Å²) in [6, 6.07) is 2.10. The second-order valence-electron chi connectivity index (χ2n) is 3.73. The molecule has 12 heavy (non-hydrogen) atoms. The van der Waals surface area contributed by atoms with Crippen molar-refractivity contribution in [2.75, 3.05) is 0 Å². The van der Waals surface area contributed by atoms with Crippen molar-refractivity contribution >= 4 is 0 Å². The zero-order valence-corrected chi connectivity index (χ0v) is 7.59. The topological polar surface area (TPSA) is 23.8 Å². The number of halogens is 1. The van der Waals surface area contributed by atoms with Crippen LogP contribution in [0.2, 0.25) is 0 Å². The zero-order valence-electron chi connectivity index (χ0n) is 7.59. The molecule has 0 aromatic rings. The van der Waals surface area contributed by atoms with Gasteiger partial charge in [0, 0.05) is 0 Å². The van der Waals surface area contributed by atoms with Gasteiger partial charge in [-0.3, -0.25) is 0 Å². The van der Waals surface area contributed by atoms with Crippen LogP contribution in [0, 0.1) is 23.2 Å². The van der Waals surface area contributed by atoms with Crippen LogP contribution in [0.15, 0.2) is 0 Å². The number of hydrogen-bond donors (Lipinski definition) is 0. The van der Waals surface area contributed by atoms with E-state index in [1.807, 2.05) is 0 Å². The largest absolute Gasteiger partial charge is 0.246 e. The molecule has 0 amide bonds. The third-order valence-corrected chi connectivity index (χ3v) is 2.80. The molecule has 0 aromatic carbocycles. The molecule has 2 heteroatoms. The maximum Gasteiger partial charge on any atom is 0.113 e. The highest BCUT2D eigenvalue weighted by atomic mass is 19.1. The lowest BCUT2D eigenvalue weighted by atomic mass is 9.79. The Hall–Kier alpha value is -0.580. The highest BCUT2D eigenvalue weighted by Crippen LogP contribution is 2.32. The maximum atomic E-state index is 12.9. The molecule has 0 radical (unpaired) electrons. The van der Waals surface area contributed by atoms with E-state index in [4.69, 9.17) is 5.26 Å². The average molecular weight is 169 g/mol. The Labute approximate surface area is 73.6 Å². The summed E-state index contributed by atoms with van der Waals surface area (Å²) >= 11 is 0. The highest BCUT2D eigenvalue weighted by Gasteiger charge is 2.27. The van der Waals surface area contributed by atoms with Crippen LogP contribution < -0.4 is 0 Å². The standard InChI is InChI=1S/C10H16FN/c1-8(11)10(7-12)9-5-3-2-4-6-9/h8-10H,2-6H2,1H3. The van der Waals surface area contributed by atoms with Crippen molar-refractivity contribution in [3.05, 3.63) is 0 Å². The molecular weight excluding hydrogens is 153 g/mol. The van der Waals surface area contributed by atoms with Crippen molar-refractivity contribution in [1.82, 2.24) is 0 Å². The maximum absolute atomic E-state index is 12.9. The summed E-state index contributed by atoms with van der Waals surface area (Å²) in [5.41, 5.74) is 0. The second kappa shape index (κ2) is 4.45. The lowest BCUT2D eigenvalue weighted by Crippen LogP contribution is -2.23. The summed E-state index contributed by atoms with van der Waals surface area (Å²) < 4.78 is 12.9. The van der Waals surface area contributed by atoms with Gasteiger partial charge in [0.05, 0.1) is 12.0 Å². The third-order valence-electron chi connectivity index (χ3n) is 2.80. The van der Waals surface area contributed by atoms with E-state index in [0.717, 1.165) is 12.8 Å². The van der Waals surface area contributed by atoms with E-state index < -0.39 is 6.17 Å². The molecule has 0 spiro atoms. The van der Waals surface area contributed by atoms with Gasteiger partial charge in [0.15, 0.2) is 0 Å². The van der Waals surface area contributed by atoms with Gasteiger partial charge in [-0.15, -0.1) is 0 Å². The van der Waals surface area contributed by atoms with Gasteiger partial charge in [0.1, 0.15) is 6.17 Å². The lowest BCUT2D eigenvalue weighted by molar-refractivity contribution is 0.189. The van der Waals surface area contributed by atoms with Gasteiger partial charge in [-0.25, -0.2) is 4.39 Å². The molecule has 68 valence electrons. The Morgan fingerprint density at radius 1 is 1.33 bits per heavy atom. The Kier molecular flexibility index (Phi) is 3.52. The molecule has 1 rings (SSSR count). The fourth-order valence-corrected chi connectivity index (χ4v) is 2.08. The van der Waals surface area contributed by atoms with Gasteiger partial charge >= 0.3 is 0 Å². The van der Waals surface area contributed by atoms with Gasteiger partial charge < -0.3 is 0 Å². The predicted octanol–water partition coefficient (Wildman–Crippen LogP) is 3.06. The van der Waals surface area contributed by atoms with Crippen molar-refractivity contribution in [3.63, 3.8) is 0 Å². The van der Waals surface area contributed by atoms with Crippen molar-refractivity contribution in [3.8, 4) is 6.07 Å². The quantitative estimate of drug-likeness (QED) is 0.623. The summed E-state index contributed by atoms with van der Waals surface area (Å²) in [5.74, 6) is -0.0333. The van der Waals surface area contributed by atoms with E-state index >= 15 is 0 Å². The normalized spacial score (nSPS) is 24.4. The number of nitriles is 1. The number of nitrogens with zero attached hydrogens (tertiary/aromatic N) is 1. The molecule has 0 saturated heterocycles. The van der Waals surface area contributed by atoms with Gasteiger partial charge in [0.2, 0.25) is 0 Å². The smallest absolute Gasteiger partial charge is 0.113 e. The predicted molar refractivity (Wildman–Crippen MR) is 46.2 cm³/mol. The minimum absolute atomic E-state index is 0.323. The summed E-state index contributed by atoms with van der Waals surface area (Å²) in [7, 11) is 0. The Morgan fingerprint density at radius 2 is 1.92 bits per heavy atom. The summed E-state index contributed by atoms with van der Waals surface area (Å²) in [6.45, 7) is 1.50. The van der Waals surface area contributed by atoms with Gasteiger partial charge in [-0.05, 0) is 25.7 Å². The third kappa shape index (κ3) is 2.20. The molecule has 0 N–H and O–H groups in total. The second-order valence-corrected chi connectivity index (χ2v) is 3.73. The minimum Gasteiger partial charge on any atom is -0.246 e. The van der Waals surface area contributed by atoms with Crippen LogP contribution >= 0.6 is 0 Å². The van der Waals surface area contributed by atoms with Crippen LogP contribution in [0.4, 0.5) is 4.39 Å². The average Bonchev–Trinajstić information content (AvgIpc) is 2.07. The lowest BCUT2D eigenvalue weighted by Gasteiger charge is -2.26. The zero-order chi connectivity index (χ0) is 8.97. The molecule has 0 aromatic heterocycles. The van der Waals surface area contributed by atoms with Crippen LogP contribution in [0.3, 0.4) is 0 Å². The van der Waals surface area contributed by atoms with E-state index in [1.54, 1.807) is 0 Å². The summed E-state index contributed by atoms with van der Waals surface area (Å²) in [5, 5.41) is 8.76. The first-order valence-electron chi connectivity index (χ1n) is 4.79. The molecular formula is C10H16FN. The molecule has 1 nitrogen and oxygen atoms in total. The molecule has 2 atom stereocenters. The van der Waals surface area contributed by atoms with Crippen LogP contribution in [0.1, 0.15) is 39.0 Å². The van der Waals surface area contributed by atoms with Crippen LogP contribution in [-0.2, 0) is 0 Å². The number of hydrogen-bond acceptors (Lipinski definition) is 1. The van der Waals surface area contributed by atoms with Gasteiger partial charge in [-0.2, -0.15) is 5.26 Å². The van der Waals surface area contributed by atoms with Crippen molar-refractivity contribution in [2.45, 2.75) is 45.2 Å². The molecule has 0 heterocycles. The highest BCUT2D eigenvalue weighted by molar-refractivity contribution is 4.92. The molecule has 1 aliphatic rings. The molecule has 1 fully saturated rings. The van der Waals surface area contributed by atoms with E-state index in [0.29, 0.717) is 5.92 Å². The van der Waals surface area contributed by atoms with Crippen molar-refractivity contribution in [1.29, 1.82) is 5.26 Å².